The Morgan fingerprint density at radius 1 is 1.12 bits per heavy atom. The highest BCUT2D eigenvalue weighted by Crippen LogP contribution is 2.35. The first-order valence-corrected chi connectivity index (χ1v) is 9.87. The van der Waals surface area contributed by atoms with Gasteiger partial charge in [-0.15, -0.1) is 0 Å². The summed E-state index contributed by atoms with van der Waals surface area (Å²) in [5, 5.41) is 68.6. The van der Waals surface area contributed by atoms with Crippen molar-refractivity contribution in [2.75, 3.05) is 13.2 Å². The topological polar surface area (TPSA) is 190 Å². The van der Waals surface area contributed by atoms with Crippen molar-refractivity contribution in [2.45, 2.75) is 50.7 Å². The van der Waals surface area contributed by atoms with Gasteiger partial charge < -0.3 is 49.6 Å². The Labute approximate surface area is 182 Å². The quantitative estimate of drug-likeness (QED) is 0.254. The van der Waals surface area contributed by atoms with Gasteiger partial charge in [0.25, 0.3) is 0 Å². The van der Waals surface area contributed by atoms with Crippen LogP contribution in [0.2, 0.25) is 0 Å². The Kier molecular flexibility index (Phi) is 7.51. The normalized spacial score (nSPS) is 26.6. The Balaban J connectivity index is 1.73. The van der Waals surface area contributed by atoms with Crippen LogP contribution >= 0.6 is 0 Å². The van der Waals surface area contributed by atoms with Crippen molar-refractivity contribution >= 4 is 11.0 Å². The number of fused-ring (bicyclic) bond motifs is 1. The maximum Gasteiger partial charge on any atom is 0.196 e. The van der Waals surface area contributed by atoms with E-state index in [4.69, 9.17) is 19.0 Å². The SMILES string of the molecule is C/C(=C\Cc1c(O)cc2oc(CO)cc(=O)c2c1O)CO[C@@H]1O[C@H](CO)[C@@H](O)[C@H](O)[C@H]1O. The number of ether oxygens (including phenoxy) is 2. The minimum atomic E-state index is -1.56. The van der Waals surface area contributed by atoms with Gasteiger partial charge in [0.05, 0.1) is 13.2 Å². The minimum absolute atomic E-state index is 0.00451. The molecule has 0 saturated carbocycles. The third-order valence-electron chi connectivity index (χ3n) is 5.26. The van der Waals surface area contributed by atoms with Gasteiger partial charge in [-0.1, -0.05) is 11.6 Å². The van der Waals surface area contributed by atoms with Crippen LogP contribution in [-0.4, -0.2) is 79.7 Å². The minimum Gasteiger partial charge on any atom is -0.507 e. The molecule has 3 rings (SSSR count). The molecule has 1 aromatic carbocycles. The third-order valence-corrected chi connectivity index (χ3v) is 5.26. The lowest BCUT2D eigenvalue weighted by Gasteiger charge is -2.39. The van der Waals surface area contributed by atoms with E-state index < -0.39 is 55.1 Å². The zero-order valence-electron chi connectivity index (χ0n) is 17.2. The summed E-state index contributed by atoms with van der Waals surface area (Å²) in [5.41, 5.74) is 0.0462. The monoisotopic (exact) mass is 454 g/mol. The van der Waals surface area contributed by atoms with Gasteiger partial charge in [0.15, 0.2) is 11.7 Å². The summed E-state index contributed by atoms with van der Waals surface area (Å²) in [4.78, 5) is 12.2. The summed E-state index contributed by atoms with van der Waals surface area (Å²) in [6, 6.07) is 2.23. The predicted molar refractivity (Wildman–Crippen MR) is 109 cm³/mol. The zero-order chi connectivity index (χ0) is 23.6. The van der Waals surface area contributed by atoms with Crippen molar-refractivity contribution in [1.82, 2.24) is 0 Å². The lowest BCUT2D eigenvalue weighted by Crippen LogP contribution is -2.59. The second-order valence-corrected chi connectivity index (χ2v) is 7.59. The first-order valence-electron chi connectivity index (χ1n) is 9.87. The first kappa shape index (κ1) is 24.1. The molecule has 0 aliphatic carbocycles. The Hall–Kier alpha value is -2.51. The fourth-order valence-corrected chi connectivity index (χ4v) is 3.41. The summed E-state index contributed by atoms with van der Waals surface area (Å²) in [6.45, 7) is 0.513. The van der Waals surface area contributed by atoms with Crippen LogP contribution in [0.4, 0.5) is 0 Å². The van der Waals surface area contributed by atoms with E-state index in [9.17, 15) is 35.4 Å². The fourth-order valence-electron chi connectivity index (χ4n) is 3.41. The summed E-state index contributed by atoms with van der Waals surface area (Å²) in [6.07, 6.45) is -5.32. The molecule has 1 aromatic heterocycles. The van der Waals surface area contributed by atoms with Gasteiger partial charge in [0.2, 0.25) is 0 Å². The standard InChI is InChI=1S/C21H26O11/c1-9(8-30-21-20(29)19(28)18(27)15(7-23)32-21)2-3-11-12(24)5-14-16(17(11)26)13(25)4-10(6-22)31-14/h2,4-5,15,18-24,26-29H,3,6-8H2,1H3/b9-2+/t15-,18-,19+,20-,21-/m1/s1. The average molecular weight is 454 g/mol. The molecule has 1 saturated heterocycles. The summed E-state index contributed by atoms with van der Waals surface area (Å²) in [7, 11) is 0. The smallest absolute Gasteiger partial charge is 0.196 e. The number of aromatic hydroxyl groups is 2. The molecule has 0 radical (unpaired) electrons. The van der Waals surface area contributed by atoms with E-state index in [1.165, 1.54) is 6.07 Å². The number of aliphatic hydroxyl groups excluding tert-OH is 5. The number of benzene rings is 1. The van der Waals surface area contributed by atoms with Gasteiger partial charge in [0.1, 0.15) is 59.3 Å². The number of aliphatic hydroxyl groups is 5. The van der Waals surface area contributed by atoms with Gasteiger partial charge in [-0.2, -0.15) is 0 Å². The average Bonchev–Trinajstić information content (AvgIpc) is 2.76. The Bertz CT molecular complexity index is 1040. The third kappa shape index (κ3) is 4.79. The van der Waals surface area contributed by atoms with Crippen molar-refractivity contribution < 1.29 is 49.6 Å². The fraction of sp³-hybridized carbons (Fsp3) is 0.476. The lowest BCUT2D eigenvalue weighted by molar-refractivity contribution is -0.299. The molecule has 1 fully saturated rings. The van der Waals surface area contributed by atoms with Crippen LogP contribution in [0.1, 0.15) is 18.2 Å². The van der Waals surface area contributed by atoms with Crippen LogP contribution < -0.4 is 5.43 Å². The molecule has 0 unspecified atom stereocenters. The van der Waals surface area contributed by atoms with Gasteiger partial charge in [-0.05, 0) is 13.3 Å². The number of hydrogen-bond acceptors (Lipinski definition) is 11. The second-order valence-electron chi connectivity index (χ2n) is 7.59. The highest BCUT2D eigenvalue weighted by molar-refractivity contribution is 5.86. The molecule has 176 valence electrons. The van der Waals surface area contributed by atoms with E-state index >= 15 is 0 Å². The van der Waals surface area contributed by atoms with Crippen LogP contribution in [0.25, 0.3) is 11.0 Å². The Morgan fingerprint density at radius 2 is 1.84 bits per heavy atom. The predicted octanol–water partition coefficient (Wildman–Crippen LogP) is -0.998. The van der Waals surface area contributed by atoms with Crippen LogP contribution in [0.15, 0.2) is 33.0 Å². The highest BCUT2D eigenvalue weighted by Gasteiger charge is 2.43. The zero-order valence-corrected chi connectivity index (χ0v) is 17.2. The van der Waals surface area contributed by atoms with Gasteiger partial charge in [-0.25, -0.2) is 0 Å². The van der Waals surface area contributed by atoms with Gasteiger partial charge >= 0.3 is 0 Å². The molecule has 0 spiro atoms. The molecule has 0 bridgehead atoms. The summed E-state index contributed by atoms with van der Waals surface area (Å²) >= 11 is 0. The lowest BCUT2D eigenvalue weighted by atomic mass is 9.99. The van der Waals surface area contributed by atoms with E-state index in [0.29, 0.717) is 5.57 Å². The number of hydrogen-bond donors (Lipinski definition) is 7. The number of phenolic OH excluding ortho intramolecular Hbond substituents is 2. The highest BCUT2D eigenvalue weighted by atomic mass is 16.7. The summed E-state index contributed by atoms with van der Waals surface area (Å²) < 4.78 is 16.0. The van der Waals surface area contributed by atoms with Crippen LogP contribution in [-0.2, 0) is 22.5 Å². The molecule has 0 amide bonds. The van der Waals surface area contributed by atoms with Crippen molar-refractivity contribution in [1.29, 1.82) is 0 Å². The molecular weight excluding hydrogens is 428 g/mol. The largest absolute Gasteiger partial charge is 0.507 e. The van der Waals surface area contributed by atoms with E-state index in [-0.39, 0.29) is 41.1 Å². The summed E-state index contributed by atoms with van der Waals surface area (Å²) in [5.74, 6) is -0.764. The molecular formula is C21H26O11. The second kappa shape index (κ2) is 9.96. The van der Waals surface area contributed by atoms with Crippen LogP contribution in [0.5, 0.6) is 11.5 Å². The molecule has 11 nitrogen and oxygen atoms in total. The number of phenols is 2. The van der Waals surface area contributed by atoms with Crippen molar-refractivity contribution in [2.24, 2.45) is 0 Å². The van der Waals surface area contributed by atoms with Gasteiger partial charge in [0, 0.05) is 17.7 Å². The van der Waals surface area contributed by atoms with E-state index in [0.717, 1.165) is 6.07 Å². The van der Waals surface area contributed by atoms with Crippen molar-refractivity contribution in [3.05, 3.63) is 45.3 Å². The number of rotatable bonds is 7. The van der Waals surface area contributed by atoms with Crippen LogP contribution in [0.3, 0.4) is 0 Å². The van der Waals surface area contributed by atoms with Crippen molar-refractivity contribution in [3.8, 4) is 11.5 Å². The maximum absolute atomic E-state index is 12.2. The molecule has 7 N–H and O–H groups in total. The molecule has 5 atom stereocenters. The van der Waals surface area contributed by atoms with E-state index in [1.807, 2.05) is 0 Å². The maximum atomic E-state index is 12.2. The molecule has 2 heterocycles. The van der Waals surface area contributed by atoms with E-state index in [2.05, 4.69) is 0 Å². The Morgan fingerprint density at radius 3 is 2.50 bits per heavy atom. The van der Waals surface area contributed by atoms with Crippen molar-refractivity contribution in [3.63, 3.8) is 0 Å². The molecule has 1 aliphatic rings. The first-order chi connectivity index (χ1) is 15.2. The van der Waals surface area contributed by atoms with E-state index in [1.54, 1.807) is 13.0 Å². The molecule has 32 heavy (non-hydrogen) atoms. The molecule has 1 aliphatic heterocycles. The molecule has 2 aromatic rings. The van der Waals surface area contributed by atoms with Gasteiger partial charge in [-0.3, -0.25) is 4.79 Å². The molecule has 11 heteroatoms. The number of allylic oxidation sites excluding steroid dienone is 1. The van der Waals surface area contributed by atoms with Crippen LogP contribution in [0, 0.1) is 0 Å².